The summed E-state index contributed by atoms with van der Waals surface area (Å²) in [5.74, 6) is -2.19. The maximum Gasteiger partial charge on any atom is 0.238 e. The lowest BCUT2D eigenvalue weighted by atomic mass is 10.1. The Morgan fingerprint density at radius 1 is 1.62 bits per heavy atom. The molecule has 13 heavy (non-hydrogen) atoms. The number of aliphatic imine (C=N–C) groups is 1. The molecule has 0 saturated carbocycles. The predicted molar refractivity (Wildman–Crippen MR) is 44.7 cm³/mol. The smallest absolute Gasteiger partial charge is 0.238 e. The van der Waals surface area contributed by atoms with Gasteiger partial charge in [-0.1, -0.05) is 12.1 Å². The summed E-state index contributed by atoms with van der Waals surface area (Å²) in [6.07, 6.45) is 1.14. The summed E-state index contributed by atoms with van der Waals surface area (Å²) in [5.41, 5.74) is 0.121. The quantitative estimate of drug-likeness (QED) is 0.430. The van der Waals surface area contributed by atoms with Crippen LogP contribution in [0.1, 0.15) is 12.5 Å². The van der Waals surface area contributed by atoms with E-state index < -0.39 is 5.79 Å². The van der Waals surface area contributed by atoms with Gasteiger partial charge in [0.05, 0.1) is 0 Å². The van der Waals surface area contributed by atoms with Crippen molar-refractivity contribution in [1.29, 1.82) is 0 Å². The summed E-state index contributed by atoms with van der Waals surface area (Å²) in [6, 6.07) is 5.52. The molecule has 0 aliphatic rings. The predicted octanol–water partition coefficient (Wildman–Crippen LogP) is 1.87. The largest absolute Gasteiger partial charge is 0.508 e. The van der Waals surface area contributed by atoms with Gasteiger partial charge in [-0.05, 0) is 19.1 Å². The number of nitrogens with zero attached hydrogens (tertiary/aromatic N) is 1. The van der Waals surface area contributed by atoms with Crippen molar-refractivity contribution in [2.45, 2.75) is 12.7 Å². The third-order valence-corrected chi connectivity index (χ3v) is 1.63. The molecule has 1 rings (SSSR count). The molecule has 1 aromatic carbocycles. The number of rotatable bonds is 2. The highest BCUT2D eigenvalue weighted by molar-refractivity contribution is 5.38. The maximum absolute atomic E-state index is 13.5. The first-order valence-corrected chi connectivity index (χ1v) is 3.64. The minimum absolute atomic E-state index is 0.0672. The number of benzene rings is 1. The lowest BCUT2D eigenvalue weighted by Gasteiger charge is -2.12. The van der Waals surface area contributed by atoms with Crippen LogP contribution in [0.4, 0.5) is 4.39 Å². The van der Waals surface area contributed by atoms with Crippen LogP contribution in [0.2, 0.25) is 0 Å². The van der Waals surface area contributed by atoms with E-state index in [0.717, 1.165) is 13.0 Å². The van der Waals surface area contributed by atoms with Crippen LogP contribution in [-0.4, -0.2) is 11.2 Å². The lowest BCUT2D eigenvalue weighted by Crippen LogP contribution is -2.10. The van der Waals surface area contributed by atoms with E-state index in [9.17, 15) is 9.18 Å². The van der Waals surface area contributed by atoms with E-state index in [1.807, 2.05) is 0 Å². The van der Waals surface area contributed by atoms with Crippen LogP contribution < -0.4 is 0 Å². The van der Waals surface area contributed by atoms with Crippen LogP contribution in [-0.2, 0) is 10.6 Å². The lowest BCUT2D eigenvalue weighted by molar-refractivity contribution is 0.205. The number of halogens is 1. The molecule has 0 saturated heterocycles. The monoisotopic (exact) mass is 181 g/mol. The number of phenols is 1. The number of phenolic OH excluding ortho intramolecular Hbond substituents is 1. The van der Waals surface area contributed by atoms with E-state index in [-0.39, 0.29) is 11.3 Å². The normalized spacial score (nSPS) is 14.3. The fourth-order valence-corrected chi connectivity index (χ4v) is 0.940. The Bertz CT molecular complexity index is 356. The number of isocyanates is 1. The van der Waals surface area contributed by atoms with Crippen molar-refractivity contribution < 1.29 is 14.3 Å². The van der Waals surface area contributed by atoms with Gasteiger partial charge in [0.1, 0.15) is 5.75 Å². The zero-order valence-electron chi connectivity index (χ0n) is 6.99. The molecule has 0 aromatic heterocycles. The van der Waals surface area contributed by atoms with Crippen molar-refractivity contribution in [2.24, 2.45) is 4.99 Å². The number of aromatic hydroxyl groups is 1. The maximum atomic E-state index is 13.5. The highest BCUT2D eigenvalue weighted by Crippen LogP contribution is 2.28. The standard InChI is InChI=1S/C9H8FNO2/c1-9(10,11-6-12)7-3-2-4-8(13)5-7/h2-5,13H,1H3. The van der Waals surface area contributed by atoms with Crippen LogP contribution in [0.3, 0.4) is 0 Å². The second kappa shape index (κ2) is 3.37. The van der Waals surface area contributed by atoms with Crippen molar-refractivity contribution in [3.8, 4) is 5.75 Å². The molecular formula is C9H8FNO2. The summed E-state index contributed by atoms with van der Waals surface area (Å²) >= 11 is 0. The Morgan fingerprint density at radius 3 is 2.85 bits per heavy atom. The van der Waals surface area contributed by atoms with E-state index in [1.165, 1.54) is 24.3 Å². The molecule has 0 radical (unpaired) electrons. The van der Waals surface area contributed by atoms with Gasteiger partial charge >= 0.3 is 0 Å². The molecule has 0 bridgehead atoms. The first kappa shape index (κ1) is 9.42. The van der Waals surface area contributed by atoms with Crippen molar-refractivity contribution >= 4 is 6.08 Å². The Morgan fingerprint density at radius 2 is 2.31 bits per heavy atom. The highest BCUT2D eigenvalue weighted by Gasteiger charge is 2.24. The minimum Gasteiger partial charge on any atom is -0.508 e. The molecule has 0 aliphatic carbocycles. The van der Waals surface area contributed by atoms with E-state index in [1.54, 1.807) is 0 Å². The SMILES string of the molecule is CC(F)(N=C=O)c1cccc(O)c1. The zero-order valence-corrected chi connectivity index (χ0v) is 6.99. The molecule has 1 aromatic rings. The highest BCUT2D eigenvalue weighted by atomic mass is 19.1. The average molecular weight is 181 g/mol. The number of hydrogen-bond donors (Lipinski definition) is 1. The molecule has 1 unspecified atom stereocenters. The molecule has 3 nitrogen and oxygen atoms in total. The Balaban J connectivity index is 3.13. The molecule has 0 spiro atoms. The van der Waals surface area contributed by atoms with Crippen molar-refractivity contribution in [3.63, 3.8) is 0 Å². The van der Waals surface area contributed by atoms with Gasteiger partial charge in [-0.3, -0.25) is 0 Å². The summed E-state index contributed by atoms with van der Waals surface area (Å²) in [7, 11) is 0. The third-order valence-electron chi connectivity index (χ3n) is 1.63. The Hall–Kier alpha value is -1.67. The van der Waals surface area contributed by atoms with Crippen molar-refractivity contribution in [1.82, 2.24) is 0 Å². The van der Waals surface area contributed by atoms with Gasteiger partial charge in [0.2, 0.25) is 11.9 Å². The molecule has 0 heterocycles. The van der Waals surface area contributed by atoms with Crippen LogP contribution in [0.5, 0.6) is 5.75 Å². The van der Waals surface area contributed by atoms with Gasteiger partial charge in [-0.2, -0.15) is 4.99 Å². The van der Waals surface area contributed by atoms with Gasteiger partial charge in [0.15, 0.2) is 0 Å². The fourth-order valence-electron chi connectivity index (χ4n) is 0.940. The minimum atomic E-state index is -2.12. The molecule has 4 heteroatoms. The fraction of sp³-hybridized carbons (Fsp3) is 0.222. The van der Waals surface area contributed by atoms with Crippen LogP contribution in [0.25, 0.3) is 0 Å². The van der Waals surface area contributed by atoms with Gasteiger partial charge in [0, 0.05) is 5.56 Å². The molecule has 1 atom stereocenters. The van der Waals surface area contributed by atoms with E-state index >= 15 is 0 Å². The Kier molecular flexibility index (Phi) is 2.44. The molecule has 0 aliphatic heterocycles. The topological polar surface area (TPSA) is 49.7 Å². The molecule has 0 amide bonds. The first-order chi connectivity index (χ1) is 6.06. The molecule has 68 valence electrons. The van der Waals surface area contributed by atoms with Crippen molar-refractivity contribution in [3.05, 3.63) is 29.8 Å². The van der Waals surface area contributed by atoms with E-state index in [2.05, 4.69) is 4.99 Å². The third kappa shape index (κ3) is 2.13. The summed E-state index contributed by atoms with van der Waals surface area (Å²) in [6.45, 7) is 1.12. The molecule has 1 N–H and O–H groups in total. The second-order valence-corrected chi connectivity index (χ2v) is 2.71. The zero-order chi connectivity index (χ0) is 9.90. The van der Waals surface area contributed by atoms with E-state index in [4.69, 9.17) is 5.11 Å². The van der Waals surface area contributed by atoms with Gasteiger partial charge < -0.3 is 5.11 Å². The van der Waals surface area contributed by atoms with Crippen molar-refractivity contribution in [2.75, 3.05) is 0 Å². The first-order valence-electron chi connectivity index (χ1n) is 3.64. The summed E-state index contributed by atoms with van der Waals surface area (Å²) in [5, 5.41) is 9.04. The average Bonchev–Trinajstić information content (AvgIpc) is 2.04. The summed E-state index contributed by atoms with van der Waals surface area (Å²) in [4.78, 5) is 12.9. The Labute approximate surface area is 74.5 Å². The van der Waals surface area contributed by atoms with Gasteiger partial charge in [0.25, 0.3) is 0 Å². The molecule has 0 fully saturated rings. The van der Waals surface area contributed by atoms with Crippen LogP contribution >= 0.6 is 0 Å². The number of alkyl halides is 1. The van der Waals surface area contributed by atoms with Crippen LogP contribution in [0, 0.1) is 0 Å². The number of carbonyl (C=O) groups excluding carboxylic acids is 1. The second-order valence-electron chi connectivity index (χ2n) is 2.71. The van der Waals surface area contributed by atoms with Crippen LogP contribution in [0.15, 0.2) is 29.3 Å². The van der Waals surface area contributed by atoms with Gasteiger partial charge in [-0.25, -0.2) is 9.18 Å². The van der Waals surface area contributed by atoms with Gasteiger partial charge in [-0.15, -0.1) is 0 Å². The number of hydrogen-bond acceptors (Lipinski definition) is 3. The summed E-state index contributed by atoms with van der Waals surface area (Å²) < 4.78 is 13.5. The molecular weight excluding hydrogens is 173 g/mol. The van der Waals surface area contributed by atoms with E-state index in [0.29, 0.717) is 0 Å².